The van der Waals surface area contributed by atoms with Crippen LogP contribution in [0.3, 0.4) is 0 Å². The molecule has 4 aliphatic rings. The number of anilines is 5. The lowest BCUT2D eigenvalue weighted by molar-refractivity contribution is 0.632. The molecule has 0 aromatic heterocycles. The Morgan fingerprint density at radius 2 is 1.09 bits per heavy atom. The highest BCUT2D eigenvalue weighted by molar-refractivity contribution is 8.03. The average molecular weight is 703 g/mol. The molecule has 0 atom stereocenters. The van der Waals surface area contributed by atoms with Gasteiger partial charge in [-0.1, -0.05) is 149 Å². The van der Waals surface area contributed by atoms with Gasteiger partial charge in [0.2, 0.25) is 0 Å². The summed E-state index contributed by atoms with van der Waals surface area (Å²) in [6.45, 7) is 9.45. The van der Waals surface area contributed by atoms with Crippen LogP contribution in [0.4, 0.5) is 28.4 Å². The lowest BCUT2D eigenvalue weighted by Crippen LogP contribution is -2.30. The van der Waals surface area contributed by atoms with Crippen LogP contribution in [0.15, 0.2) is 161 Å². The number of thioether (sulfide) groups is 1. The molecule has 0 N–H and O–H groups in total. The fraction of sp³-hybridized carbons (Fsp3) is 0.160. The van der Waals surface area contributed by atoms with E-state index in [4.69, 9.17) is 0 Å². The van der Waals surface area contributed by atoms with Crippen molar-refractivity contribution in [2.45, 2.75) is 56.3 Å². The monoisotopic (exact) mass is 702 g/mol. The number of benzene rings is 6. The Hall–Kier alpha value is -5.51. The van der Waals surface area contributed by atoms with Gasteiger partial charge in [-0.25, -0.2) is 0 Å². The van der Waals surface area contributed by atoms with Crippen LogP contribution in [-0.4, -0.2) is 0 Å². The van der Waals surface area contributed by atoms with Gasteiger partial charge in [0.25, 0.3) is 0 Å². The lowest BCUT2D eigenvalue weighted by atomic mass is 9.73. The smallest absolute Gasteiger partial charge is 0.0598 e. The van der Waals surface area contributed by atoms with E-state index >= 15 is 0 Å². The first kappa shape index (κ1) is 32.2. The van der Waals surface area contributed by atoms with Crippen molar-refractivity contribution < 1.29 is 0 Å². The van der Waals surface area contributed by atoms with Gasteiger partial charge < -0.3 is 9.80 Å². The summed E-state index contributed by atoms with van der Waals surface area (Å²) in [4.78, 5) is 7.63. The zero-order valence-electron chi connectivity index (χ0n) is 30.7. The van der Waals surface area contributed by atoms with Crippen LogP contribution in [0, 0.1) is 0 Å². The fourth-order valence-corrected chi connectivity index (χ4v) is 10.2. The Bertz CT molecular complexity index is 2500. The Balaban J connectivity index is 0.944. The van der Waals surface area contributed by atoms with Crippen LogP contribution in [0.1, 0.15) is 73.9 Å². The van der Waals surface area contributed by atoms with Crippen LogP contribution in [0.25, 0.3) is 23.3 Å². The van der Waals surface area contributed by atoms with Gasteiger partial charge in [-0.2, -0.15) is 0 Å². The summed E-state index contributed by atoms with van der Waals surface area (Å²) in [7, 11) is 0. The molecule has 0 spiro atoms. The molecule has 0 unspecified atom stereocenters. The molecule has 6 aromatic rings. The topological polar surface area (TPSA) is 6.48 Å². The summed E-state index contributed by atoms with van der Waals surface area (Å²) in [6.07, 6.45) is 11.3. The molecule has 0 fully saturated rings. The highest BCUT2D eigenvalue weighted by Crippen LogP contribution is 2.54. The van der Waals surface area contributed by atoms with Crippen molar-refractivity contribution in [3.63, 3.8) is 0 Å². The molecule has 2 heterocycles. The lowest BCUT2D eigenvalue weighted by Gasteiger charge is -2.42. The van der Waals surface area contributed by atoms with E-state index in [0.717, 1.165) is 12.8 Å². The quantitative estimate of drug-likeness (QED) is 0.169. The van der Waals surface area contributed by atoms with Crippen LogP contribution in [-0.2, 0) is 10.8 Å². The molecule has 10 rings (SSSR count). The van der Waals surface area contributed by atoms with Crippen LogP contribution in [0.2, 0.25) is 0 Å². The standard InChI is InChI=1S/C50H42N2S/c1-49(2)39-13-5-7-15-43(39)51(44-16-8-6-14-40(44)49)35-26-23-33(24-27-35)21-22-34-25-29-37-38-30-28-36(32-42(38)50(3,4)41(37)31-34)52-45-17-9-11-19-47(45)53-48-20-12-10-18-46(48)52/h5-9,11-17,19-32H,10,18H2,1-4H3. The predicted octanol–water partition coefficient (Wildman–Crippen LogP) is 14.1. The molecular formula is C50H42N2S. The minimum absolute atomic E-state index is 0.0616. The zero-order chi connectivity index (χ0) is 35.9. The second-order valence-electron chi connectivity index (χ2n) is 15.7. The van der Waals surface area contributed by atoms with E-state index in [-0.39, 0.29) is 10.8 Å². The van der Waals surface area contributed by atoms with Crippen molar-refractivity contribution in [3.05, 3.63) is 190 Å². The van der Waals surface area contributed by atoms with Gasteiger partial charge in [0.05, 0.1) is 17.1 Å². The minimum atomic E-state index is -0.116. The van der Waals surface area contributed by atoms with Crippen molar-refractivity contribution in [2.24, 2.45) is 0 Å². The van der Waals surface area contributed by atoms with Crippen molar-refractivity contribution in [1.29, 1.82) is 0 Å². The molecule has 2 aliphatic heterocycles. The van der Waals surface area contributed by atoms with Gasteiger partial charge in [-0.3, -0.25) is 0 Å². The number of rotatable bonds is 4. The van der Waals surface area contributed by atoms with Crippen LogP contribution in [0.5, 0.6) is 0 Å². The summed E-state index contributed by atoms with van der Waals surface area (Å²) < 4.78 is 0. The number of para-hydroxylation sites is 3. The normalized spacial score (nSPS) is 17.2. The average Bonchev–Trinajstić information content (AvgIpc) is 3.41. The van der Waals surface area contributed by atoms with E-state index in [1.807, 2.05) is 11.8 Å². The number of hydrogen-bond donors (Lipinski definition) is 0. The summed E-state index contributed by atoms with van der Waals surface area (Å²) in [5.41, 5.74) is 18.1. The first-order valence-electron chi connectivity index (χ1n) is 18.8. The third-order valence-corrected chi connectivity index (χ3v) is 13.1. The third kappa shape index (κ3) is 5.01. The first-order chi connectivity index (χ1) is 25.8. The van der Waals surface area contributed by atoms with Gasteiger partial charge in [0.15, 0.2) is 0 Å². The molecule has 0 amide bonds. The van der Waals surface area contributed by atoms with E-state index in [9.17, 15) is 0 Å². The fourth-order valence-electron chi connectivity index (χ4n) is 9.09. The van der Waals surface area contributed by atoms with E-state index in [1.165, 1.54) is 88.4 Å². The molecule has 258 valence electrons. The van der Waals surface area contributed by atoms with Crippen molar-refractivity contribution in [3.8, 4) is 11.1 Å². The van der Waals surface area contributed by atoms with E-state index in [2.05, 4.69) is 195 Å². The van der Waals surface area contributed by atoms with Gasteiger partial charge in [-0.05, 0) is 106 Å². The van der Waals surface area contributed by atoms with Gasteiger partial charge in [0.1, 0.15) is 0 Å². The summed E-state index contributed by atoms with van der Waals surface area (Å²) in [6, 6.07) is 49.7. The number of hydrogen-bond acceptors (Lipinski definition) is 3. The minimum Gasteiger partial charge on any atom is -0.312 e. The molecule has 0 saturated carbocycles. The van der Waals surface area contributed by atoms with Crippen molar-refractivity contribution in [1.82, 2.24) is 0 Å². The highest BCUT2D eigenvalue weighted by Gasteiger charge is 2.38. The SMILES string of the molecule is CC1(C)c2cc(C=Cc3ccc(N4c5ccccc5C(C)(C)c5ccccc54)cc3)ccc2-c2ccc(N3C4=C(C=CCC4)Sc4ccccc43)cc21. The zero-order valence-corrected chi connectivity index (χ0v) is 31.5. The molecule has 0 saturated heterocycles. The third-order valence-electron chi connectivity index (χ3n) is 11.9. The number of allylic oxidation sites excluding steroid dienone is 3. The maximum Gasteiger partial charge on any atom is 0.0598 e. The summed E-state index contributed by atoms with van der Waals surface area (Å²) in [5, 5.41) is 0. The Kier molecular flexibility index (Phi) is 7.29. The molecule has 0 radical (unpaired) electrons. The first-order valence-corrected chi connectivity index (χ1v) is 19.6. The van der Waals surface area contributed by atoms with E-state index in [1.54, 1.807) is 0 Å². The second kappa shape index (κ2) is 12.0. The second-order valence-corrected chi connectivity index (χ2v) is 16.8. The molecule has 53 heavy (non-hydrogen) atoms. The molecule has 3 heteroatoms. The predicted molar refractivity (Wildman–Crippen MR) is 226 cm³/mol. The number of nitrogens with zero attached hydrogens (tertiary/aromatic N) is 2. The van der Waals surface area contributed by atoms with E-state index < -0.39 is 0 Å². The van der Waals surface area contributed by atoms with Gasteiger partial charge in [-0.15, -0.1) is 0 Å². The molecule has 2 nitrogen and oxygen atoms in total. The highest BCUT2D eigenvalue weighted by atomic mass is 32.2. The summed E-state index contributed by atoms with van der Waals surface area (Å²) in [5.74, 6) is 0. The van der Waals surface area contributed by atoms with Crippen LogP contribution < -0.4 is 9.80 Å². The van der Waals surface area contributed by atoms with Crippen molar-refractivity contribution >= 4 is 52.4 Å². The maximum atomic E-state index is 2.52. The van der Waals surface area contributed by atoms with Gasteiger partial charge in [0, 0.05) is 37.7 Å². The Labute approximate surface area is 317 Å². The van der Waals surface area contributed by atoms with Gasteiger partial charge >= 0.3 is 0 Å². The molecule has 2 aliphatic carbocycles. The number of fused-ring (bicyclic) bond motifs is 6. The molecule has 6 aromatic carbocycles. The Morgan fingerprint density at radius 1 is 0.528 bits per heavy atom. The Morgan fingerprint density at radius 3 is 1.83 bits per heavy atom. The van der Waals surface area contributed by atoms with Crippen molar-refractivity contribution in [2.75, 3.05) is 9.80 Å². The largest absolute Gasteiger partial charge is 0.312 e. The summed E-state index contributed by atoms with van der Waals surface area (Å²) >= 11 is 1.90. The van der Waals surface area contributed by atoms with E-state index in [0.29, 0.717) is 0 Å². The molecule has 0 bridgehead atoms. The van der Waals surface area contributed by atoms with Crippen LogP contribution >= 0.6 is 11.8 Å². The maximum absolute atomic E-state index is 2.52. The molecular weight excluding hydrogens is 661 g/mol.